The first-order valence-electron chi connectivity index (χ1n) is 12.6. The van der Waals surface area contributed by atoms with Crippen LogP contribution in [0.1, 0.15) is 37.0 Å². The molecule has 0 aromatic heterocycles. The number of hydrogen-bond acceptors (Lipinski definition) is 4. The molecule has 0 bridgehead atoms. The maximum absolute atomic E-state index is 13.9. The summed E-state index contributed by atoms with van der Waals surface area (Å²) in [6, 6.07) is 17.6. The zero-order chi connectivity index (χ0) is 28.7. The molecule has 10 heteroatoms. The number of sulfonamides is 1. The third-order valence-electron chi connectivity index (χ3n) is 6.28. The molecule has 0 radical (unpaired) electrons. The van der Waals surface area contributed by atoms with E-state index in [1.165, 1.54) is 29.2 Å². The molecule has 3 aromatic carbocycles. The molecule has 2 amide bonds. The number of halogens is 2. The molecule has 0 saturated heterocycles. The van der Waals surface area contributed by atoms with E-state index in [4.69, 9.17) is 23.2 Å². The Labute approximate surface area is 240 Å². The summed E-state index contributed by atoms with van der Waals surface area (Å²) in [4.78, 5) is 28.2. The van der Waals surface area contributed by atoms with Crippen molar-refractivity contribution < 1.29 is 18.0 Å². The van der Waals surface area contributed by atoms with Crippen molar-refractivity contribution in [3.05, 3.63) is 93.5 Å². The monoisotopic (exact) mass is 589 g/mol. The van der Waals surface area contributed by atoms with Crippen LogP contribution in [0, 0.1) is 13.8 Å². The van der Waals surface area contributed by atoms with Gasteiger partial charge in [-0.2, -0.15) is 0 Å². The Balaban J connectivity index is 2.05. The SMILES string of the molecule is CCCNC(=O)C(C)N(Cc1ccc(C)cc1)C(=O)CN(c1cccc(Cl)c1Cl)S(=O)(=O)c1ccc(C)cc1. The molecule has 0 heterocycles. The first kappa shape index (κ1) is 30.5. The summed E-state index contributed by atoms with van der Waals surface area (Å²) in [5.74, 6) is -0.896. The van der Waals surface area contributed by atoms with Crippen LogP contribution in [0.5, 0.6) is 0 Å². The normalized spacial score (nSPS) is 12.1. The van der Waals surface area contributed by atoms with E-state index < -0.39 is 28.5 Å². The molecule has 0 aliphatic rings. The van der Waals surface area contributed by atoms with Gasteiger partial charge in [-0.3, -0.25) is 13.9 Å². The second-order valence-corrected chi connectivity index (χ2v) is 12.0. The molecule has 1 atom stereocenters. The number of rotatable bonds is 11. The number of anilines is 1. The number of carbonyl (C=O) groups is 2. The van der Waals surface area contributed by atoms with Crippen molar-refractivity contribution in [1.29, 1.82) is 0 Å². The molecule has 0 saturated carbocycles. The molecule has 0 aliphatic heterocycles. The third kappa shape index (κ3) is 7.53. The van der Waals surface area contributed by atoms with Crippen molar-refractivity contribution in [1.82, 2.24) is 10.2 Å². The molecule has 0 aliphatic carbocycles. The first-order valence-corrected chi connectivity index (χ1v) is 14.8. The molecule has 7 nitrogen and oxygen atoms in total. The highest BCUT2D eigenvalue weighted by Gasteiger charge is 2.33. The lowest BCUT2D eigenvalue weighted by Crippen LogP contribution is -2.51. The van der Waals surface area contributed by atoms with E-state index >= 15 is 0 Å². The number of nitrogens with one attached hydrogen (secondary N) is 1. The van der Waals surface area contributed by atoms with Gasteiger partial charge >= 0.3 is 0 Å². The number of carbonyl (C=O) groups excluding carboxylic acids is 2. The minimum atomic E-state index is -4.24. The summed E-state index contributed by atoms with van der Waals surface area (Å²) in [7, 11) is -4.24. The number of aryl methyl sites for hydroxylation is 2. The molecule has 1 N–H and O–H groups in total. The molecule has 0 spiro atoms. The van der Waals surface area contributed by atoms with Gasteiger partial charge < -0.3 is 10.2 Å². The highest BCUT2D eigenvalue weighted by Crippen LogP contribution is 2.35. The van der Waals surface area contributed by atoms with E-state index in [0.29, 0.717) is 6.54 Å². The van der Waals surface area contributed by atoms with Crippen molar-refractivity contribution in [2.24, 2.45) is 0 Å². The Bertz CT molecular complexity index is 1410. The highest BCUT2D eigenvalue weighted by molar-refractivity contribution is 7.92. The van der Waals surface area contributed by atoms with Crippen LogP contribution in [0.25, 0.3) is 0 Å². The third-order valence-corrected chi connectivity index (χ3v) is 8.86. The van der Waals surface area contributed by atoms with Crippen molar-refractivity contribution in [2.75, 3.05) is 17.4 Å². The number of nitrogens with zero attached hydrogens (tertiary/aromatic N) is 2. The summed E-state index contributed by atoms with van der Waals surface area (Å²) in [5.41, 5.74) is 2.80. The molecule has 0 fully saturated rings. The Morgan fingerprint density at radius 1 is 0.923 bits per heavy atom. The minimum Gasteiger partial charge on any atom is -0.354 e. The zero-order valence-corrected chi connectivity index (χ0v) is 24.8. The van der Waals surface area contributed by atoms with Gasteiger partial charge in [0.15, 0.2) is 0 Å². The Hall–Kier alpha value is -3.07. The molecule has 3 rings (SSSR count). The fourth-order valence-electron chi connectivity index (χ4n) is 3.90. The fourth-order valence-corrected chi connectivity index (χ4v) is 5.78. The maximum atomic E-state index is 13.9. The lowest BCUT2D eigenvalue weighted by Gasteiger charge is -2.32. The fraction of sp³-hybridized carbons (Fsp3) is 0.310. The van der Waals surface area contributed by atoms with Crippen molar-refractivity contribution in [3.8, 4) is 0 Å². The van der Waals surface area contributed by atoms with Gasteiger partial charge in [0, 0.05) is 13.1 Å². The van der Waals surface area contributed by atoms with Crippen LogP contribution in [0.15, 0.2) is 71.6 Å². The Morgan fingerprint density at radius 2 is 1.51 bits per heavy atom. The molecule has 208 valence electrons. The van der Waals surface area contributed by atoms with Crippen LogP contribution in [0.2, 0.25) is 10.0 Å². The smallest absolute Gasteiger partial charge is 0.264 e. The zero-order valence-electron chi connectivity index (χ0n) is 22.4. The van der Waals surface area contributed by atoms with Gasteiger partial charge in [0.2, 0.25) is 11.8 Å². The van der Waals surface area contributed by atoms with E-state index in [0.717, 1.165) is 27.4 Å². The van der Waals surface area contributed by atoms with Gasteiger partial charge in [-0.15, -0.1) is 0 Å². The largest absolute Gasteiger partial charge is 0.354 e. The van der Waals surface area contributed by atoms with Crippen molar-refractivity contribution >= 4 is 50.7 Å². The van der Waals surface area contributed by atoms with Gasteiger partial charge in [-0.05, 0) is 57.0 Å². The van der Waals surface area contributed by atoms with E-state index in [2.05, 4.69) is 5.32 Å². The Kier molecular flexibility index (Phi) is 10.4. The quantitative estimate of drug-likeness (QED) is 0.308. The summed E-state index contributed by atoms with van der Waals surface area (Å²) in [6.45, 7) is 7.34. The molecule has 3 aromatic rings. The summed E-state index contributed by atoms with van der Waals surface area (Å²) in [6.07, 6.45) is 0.736. The molecule has 39 heavy (non-hydrogen) atoms. The van der Waals surface area contributed by atoms with Crippen molar-refractivity contribution in [3.63, 3.8) is 0 Å². The minimum absolute atomic E-state index is 0.00137. The van der Waals surface area contributed by atoms with E-state index in [1.807, 2.05) is 45.0 Å². The second-order valence-electron chi connectivity index (χ2n) is 9.37. The average molecular weight is 591 g/mol. The molecular weight excluding hydrogens is 557 g/mol. The Morgan fingerprint density at radius 3 is 2.10 bits per heavy atom. The predicted octanol–water partition coefficient (Wildman–Crippen LogP) is 5.75. The van der Waals surface area contributed by atoms with Crippen LogP contribution < -0.4 is 9.62 Å². The van der Waals surface area contributed by atoms with Crippen LogP contribution >= 0.6 is 23.2 Å². The standard InChI is InChI=1S/C29H33Cl2N3O4S/c1-5-17-32-29(36)22(4)33(18-23-13-9-20(2)10-14-23)27(35)19-34(26-8-6-7-25(30)28(26)31)39(37,38)24-15-11-21(3)12-16-24/h6-16,22H,5,17-19H2,1-4H3,(H,32,36). The van der Waals surface area contributed by atoms with Crippen LogP contribution in [-0.4, -0.2) is 44.3 Å². The summed E-state index contributed by atoms with van der Waals surface area (Å²) >= 11 is 12.7. The first-order chi connectivity index (χ1) is 18.4. The van der Waals surface area contributed by atoms with E-state index in [9.17, 15) is 18.0 Å². The average Bonchev–Trinajstić information content (AvgIpc) is 2.91. The number of benzene rings is 3. The summed E-state index contributed by atoms with van der Waals surface area (Å²) in [5, 5.41) is 2.97. The van der Waals surface area contributed by atoms with Gasteiger partial charge in [-0.25, -0.2) is 8.42 Å². The highest BCUT2D eigenvalue weighted by atomic mass is 35.5. The van der Waals surface area contributed by atoms with Gasteiger partial charge in [0.1, 0.15) is 12.6 Å². The second kappa shape index (κ2) is 13.3. The number of hydrogen-bond donors (Lipinski definition) is 1. The molecule has 1 unspecified atom stereocenters. The molecular formula is C29H33Cl2N3O4S. The van der Waals surface area contributed by atoms with Crippen LogP contribution in [0.3, 0.4) is 0 Å². The van der Waals surface area contributed by atoms with E-state index in [1.54, 1.807) is 25.1 Å². The number of amides is 2. The van der Waals surface area contributed by atoms with Crippen LogP contribution in [-0.2, 0) is 26.2 Å². The topological polar surface area (TPSA) is 86.8 Å². The lowest BCUT2D eigenvalue weighted by molar-refractivity contribution is -0.139. The lowest BCUT2D eigenvalue weighted by atomic mass is 10.1. The van der Waals surface area contributed by atoms with Crippen LogP contribution in [0.4, 0.5) is 5.69 Å². The van der Waals surface area contributed by atoms with Gasteiger partial charge in [0.05, 0.1) is 20.6 Å². The van der Waals surface area contributed by atoms with Gasteiger partial charge in [0.25, 0.3) is 10.0 Å². The summed E-state index contributed by atoms with van der Waals surface area (Å²) < 4.78 is 28.7. The predicted molar refractivity (Wildman–Crippen MR) is 157 cm³/mol. The van der Waals surface area contributed by atoms with Crippen molar-refractivity contribution in [2.45, 2.75) is 51.6 Å². The maximum Gasteiger partial charge on any atom is 0.264 e. The van der Waals surface area contributed by atoms with E-state index in [-0.39, 0.29) is 33.1 Å². The van der Waals surface area contributed by atoms with Gasteiger partial charge in [-0.1, -0.05) is 83.7 Å².